The lowest BCUT2D eigenvalue weighted by Crippen LogP contribution is -2.32. The van der Waals surface area contributed by atoms with Crippen LogP contribution in [0.4, 0.5) is 5.69 Å². The molecule has 1 fully saturated rings. The van der Waals surface area contributed by atoms with Crippen molar-refractivity contribution in [1.82, 2.24) is 5.32 Å². The number of anilines is 1. The van der Waals surface area contributed by atoms with Gasteiger partial charge in [0.15, 0.2) is 0 Å². The molecule has 1 aromatic rings. The SMILES string of the molecule is Nc1ccc(C(=O)NCC2CCC2)cc1Cl. The standard InChI is InChI=1S/C12H15ClN2O/c13-10-6-9(4-5-11(10)14)12(16)15-7-8-2-1-3-8/h4-6,8H,1-3,7,14H2,(H,15,16). The Bertz CT molecular complexity index is 402. The molecule has 0 aromatic heterocycles. The average molecular weight is 239 g/mol. The van der Waals surface area contributed by atoms with Crippen LogP contribution in [-0.2, 0) is 0 Å². The molecule has 16 heavy (non-hydrogen) atoms. The number of nitrogens with one attached hydrogen (secondary N) is 1. The van der Waals surface area contributed by atoms with Crippen molar-refractivity contribution in [2.24, 2.45) is 5.92 Å². The molecule has 3 nitrogen and oxygen atoms in total. The zero-order valence-electron chi connectivity index (χ0n) is 9.00. The summed E-state index contributed by atoms with van der Waals surface area (Å²) in [6, 6.07) is 4.95. The number of benzene rings is 1. The number of amides is 1. The predicted octanol–water partition coefficient (Wildman–Crippen LogP) is 2.45. The summed E-state index contributed by atoms with van der Waals surface area (Å²) < 4.78 is 0. The van der Waals surface area contributed by atoms with Crippen molar-refractivity contribution < 1.29 is 4.79 Å². The van der Waals surface area contributed by atoms with E-state index in [-0.39, 0.29) is 5.91 Å². The zero-order chi connectivity index (χ0) is 11.5. The van der Waals surface area contributed by atoms with Crippen molar-refractivity contribution in [2.45, 2.75) is 19.3 Å². The molecule has 1 aliphatic carbocycles. The van der Waals surface area contributed by atoms with Crippen molar-refractivity contribution in [3.8, 4) is 0 Å². The maximum absolute atomic E-state index is 11.7. The third-order valence-corrected chi connectivity index (χ3v) is 3.37. The highest BCUT2D eigenvalue weighted by Crippen LogP contribution is 2.25. The first-order valence-electron chi connectivity index (χ1n) is 5.50. The van der Waals surface area contributed by atoms with Gasteiger partial charge in [-0.1, -0.05) is 18.0 Å². The van der Waals surface area contributed by atoms with E-state index in [0.717, 1.165) is 6.54 Å². The lowest BCUT2D eigenvalue weighted by molar-refractivity contribution is 0.0939. The van der Waals surface area contributed by atoms with Crippen molar-refractivity contribution in [3.05, 3.63) is 28.8 Å². The lowest BCUT2D eigenvalue weighted by atomic mass is 9.85. The van der Waals surface area contributed by atoms with E-state index in [1.807, 2.05) is 0 Å². The Morgan fingerprint density at radius 2 is 2.25 bits per heavy atom. The molecule has 1 aromatic carbocycles. The Kier molecular flexibility index (Phi) is 3.34. The molecule has 0 aliphatic heterocycles. The Labute approximate surface area is 100.0 Å². The van der Waals surface area contributed by atoms with Crippen LogP contribution >= 0.6 is 11.6 Å². The van der Waals surface area contributed by atoms with Gasteiger partial charge < -0.3 is 11.1 Å². The van der Waals surface area contributed by atoms with E-state index in [0.29, 0.717) is 22.2 Å². The van der Waals surface area contributed by atoms with E-state index in [1.165, 1.54) is 19.3 Å². The van der Waals surface area contributed by atoms with Gasteiger partial charge in [-0.3, -0.25) is 4.79 Å². The first-order valence-corrected chi connectivity index (χ1v) is 5.88. The fourth-order valence-corrected chi connectivity index (χ4v) is 1.88. The molecule has 4 heteroatoms. The quantitative estimate of drug-likeness (QED) is 0.795. The van der Waals surface area contributed by atoms with Crippen molar-refractivity contribution in [2.75, 3.05) is 12.3 Å². The molecule has 1 aliphatic rings. The Hall–Kier alpha value is -1.22. The van der Waals surface area contributed by atoms with E-state index >= 15 is 0 Å². The normalized spacial score (nSPS) is 15.6. The largest absolute Gasteiger partial charge is 0.398 e. The van der Waals surface area contributed by atoms with Gasteiger partial charge in [0.05, 0.1) is 10.7 Å². The first kappa shape index (κ1) is 11.3. The summed E-state index contributed by atoms with van der Waals surface area (Å²) in [6.45, 7) is 0.765. The minimum atomic E-state index is -0.0752. The van der Waals surface area contributed by atoms with Gasteiger partial charge in [0.2, 0.25) is 0 Å². The van der Waals surface area contributed by atoms with Gasteiger partial charge >= 0.3 is 0 Å². The van der Waals surface area contributed by atoms with E-state index < -0.39 is 0 Å². The number of nitrogens with two attached hydrogens (primary N) is 1. The minimum Gasteiger partial charge on any atom is -0.398 e. The molecule has 2 rings (SSSR count). The van der Waals surface area contributed by atoms with Gasteiger partial charge in [-0.05, 0) is 37.0 Å². The molecule has 0 radical (unpaired) electrons. The van der Waals surface area contributed by atoms with E-state index in [4.69, 9.17) is 17.3 Å². The first-order chi connectivity index (χ1) is 7.66. The molecule has 0 unspecified atom stereocenters. The molecule has 0 heterocycles. The van der Waals surface area contributed by atoms with Crippen LogP contribution < -0.4 is 11.1 Å². The van der Waals surface area contributed by atoms with Crippen LogP contribution in [0.1, 0.15) is 29.6 Å². The highest BCUT2D eigenvalue weighted by Gasteiger charge is 2.18. The summed E-state index contributed by atoms with van der Waals surface area (Å²) >= 11 is 5.85. The van der Waals surface area contributed by atoms with Gasteiger partial charge in [-0.2, -0.15) is 0 Å². The summed E-state index contributed by atoms with van der Waals surface area (Å²) in [6.07, 6.45) is 3.74. The molecule has 0 spiro atoms. The number of carbonyl (C=O) groups is 1. The molecule has 3 N–H and O–H groups in total. The fraction of sp³-hybridized carbons (Fsp3) is 0.417. The number of hydrogen-bond acceptors (Lipinski definition) is 2. The van der Waals surface area contributed by atoms with Gasteiger partial charge in [0.1, 0.15) is 0 Å². The van der Waals surface area contributed by atoms with Crippen LogP contribution in [0.25, 0.3) is 0 Å². The topological polar surface area (TPSA) is 55.1 Å². The van der Waals surface area contributed by atoms with Crippen LogP contribution in [0.2, 0.25) is 5.02 Å². The second-order valence-electron chi connectivity index (χ2n) is 4.24. The Morgan fingerprint density at radius 1 is 1.50 bits per heavy atom. The minimum absolute atomic E-state index is 0.0752. The molecular formula is C12H15ClN2O. The number of hydrogen-bond donors (Lipinski definition) is 2. The predicted molar refractivity (Wildman–Crippen MR) is 65.5 cm³/mol. The fourth-order valence-electron chi connectivity index (χ4n) is 1.70. The average Bonchev–Trinajstić information content (AvgIpc) is 2.19. The van der Waals surface area contributed by atoms with Crippen LogP contribution in [0.3, 0.4) is 0 Å². The second-order valence-corrected chi connectivity index (χ2v) is 4.65. The third kappa shape index (κ3) is 2.47. The summed E-state index contributed by atoms with van der Waals surface area (Å²) in [7, 11) is 0. The second kappa shape index (κ2) is 4.74. The van der Waals surface area contributed by atoms with E-state index in [9.17, 15) is 4.79 Å². The van der Waals surface area contributed by atoms with Crippen molar-refractivity contribution in [1.29, 1.82) is 0 Å². The molecule has 0 atom stereocenters. The molecule has 0 bridgehead atoms. The zero-order valence-corrected chi connectivity index (χ0v) is 9.76. The van der Waals surface area contributed by atoms with Gasteiger partial charge in [0, 0.05) is 12.1 Å². The van der Waals surface area contributed by atoms with Gasteiger partial charge in [-0.15, -0.1) is 0 Å². The van der Waals surface area contributed by atoms with E-state index in [2.05, 4.69) is 5.32 Å². The lowest BCUT2D eigenvalue weighted by Gasteiger charge is -2.25. The summed E-state index contributed by atoms with van der Waals surface area (Å²) in [5.41, 5.74) is 6.64. The maximum atomic E-state index is 11.7. The van der Waals surface area contributed by atoms with Crippen LogP contribution in [0, 0.1) is 5.92 Å². The van der Waals surface area contributed by atoms with E-state index in [1.54, 1.807) is 18.2 Å². The number of nitrogen functional groups attached to an aromatic ring is 1. The third-order valence-electron chi connectivity index (χ3n) is 3.04. The highest BCUT2D eigenvalue weighted by molar-refractivity contribution is 6.33. The van der Waals surface area contributed by atoms with Gasteiger partial charge in [-0.25, -0.2) is 0 Å². The highest BCUT2D eigenvalue weighted by atomic mass is 35.5. The number of halogens is 1. The van der Waals surface area contributed by atoms with Crippen molar-refractivity contribution in [3.63, 3.8) is 0 Å². The molecule has 86 valence electrons. The number of rotatable bonds is 3. The maximum Gasteiger partial charge on any atom is 0.251 e. The molecule has 1 saturated carbocycles. The monoisotopic (exact) mass is 238 g/mol. The molecular weight excluding hydrogens is 224 g/mol. The summed E-state index contributed by atoms with van der Waals surface area (Å²) in [4.78, 5) is 11.7. The Morgan fingerprint density at radius 3 is 2.81 bits per heavy atom. The van der Waals surface area contributed by atoms with Crippen molar-refractivity contribution >= 4 is 23.2 Å². The van der Waals surface area contributed by atoms with Crippen LogP contribution in [-0.4, -0.2) is 12.5 Å². The number of carbonyl (C=O) groups excluding carboxylic acids is 1. The van der Waals surface area contributed by atoms with Crippen LogP contribution in [0.5, 0.6) is 0 Å². The van der Waals surface area contributed by atoms with Crippen LogP contribution in [0.15, 0.2) is 18.2 Å². The summed E-state index contributed by atoms with van der Waals surface area (Å²) in [5.74, 6) is 0.585. The molecule has 0 saturated heterocycles. The van der Waals surface area contributed by atoms with Gasteiger partial charge in [0.25, 0.3) is 5.91 Å². The summed E-state index contributed by atoms with van der Waals surface area (Å²) in [5, 5.41) is 3.34. The Balaban J connectivity index is 1.94. The molecule has 1 amide bonds. The smallest absolute Gasteiger partial charge is 0.251 e.